The Morgan fingerprint density at radius 3 is 2.65 bits per heavy atom. The van der Waals surface area contributed by atoms with Gasteiger partial charge in [-0.15, -0.1) is 5.10 Å². The van der Waals surface area contributed by atoms with E-state index >= 15 is 0 Å². The summed E-state index contributed by atoms with van der Waals surface area (Å²) in [6.07, 6.45) is 0.608. The first-order valence-electron chi connectivity index (χ1n) is 6.67. The number of aromatic nitrogens is 2. The van der Waals surface area contributed by atoms with Gasteiger partial charge in [0.2, 0.25) is 5.89 Å². The number of nitrogens with one attached hydrogen (secondary N) is 1. The van der Waals surface area contributed by atoms with Crippen molar-refractivity contribution in [3.05, 3.63) is 5.89 Å². The van der Waals surface area contributed by atoms with Gasteiger partial charge in [-0.1, -0.05) is 5.10 Å². The van der Waals surface area contributed by atoms with E-state index in [4.69, 9.17) is 4.42 Å². The first kappa shape index (κ1) is 15.2. The quantitative estimate of drug-likeness (QED) is 0.870. The van der Waals surface area contributed by atoms with E-state index in [9.17, 15) is 8.42 Å². The van der Waals surface area contributed by atoms with Crippen LogP contribution in [0.3, 0.4) is 0 Å². The summed E-state index contributed by atoms with van der Waals surface area (Å²) in [4.78, 5) is 1.76. The molecule has 1 unspecified atom stereocenters. The van der Waals surface area contributed by atoms with Crippen molar-refractivity contribution in [2.45, 2.75) is 45.3 Å². The zero-order valence-corrected chi connectivity index (χ0v) is 13.2. The van der Waals surface area contributed by atoms with Gasteiger partial charge >= 0.3 is 6.01 Å². The van der Waals surface area contributed by atoms with Crippen LogP contribution in [0.2, 0.25) is 0 Å². The fourth-order valence-electron chi connectivity index (χ4n) is 2.04. The molecule has 0 radical (unpaired) electrons. The number of nitrogens with zero attached hydrogens (tertiary/aromatic N) is 3. The fraction of sp³-hybridized carbons (Fsp3) is 0.833. The van der Waals surface area contributed by atoms with Crippen molar-refractivity contribution in [2.24, 2.45) is 0 Å². The van der Waals surface area contributed by atoms with Gasteiger partial charge in [-0.3, -0.25) is 0 Å². The van der Waals surface area contributed by atoms with E-state index in [0.717, 1.165) is 0 Å². The van der Waals surface area contributed by atoms with Crippen molar-refractivity contribution >= 4 is 15.9 Å². The second-order valence-corrected chi connectivity index (χ2v) is 8.48. The molecular formula is C12H22N4O3S. The van der Waals surface area contributed by atoms with Crippen LogP contribution in [0.5, 0.6) is 0 Å². The van der Waals surface area contributed by atoms with Gasteiger partial charge < -0.3 is 14.6 Å². The Bertz CT molecular complexity index is 562. The molecule has 2 rings (SSSR count). The molecule has 20 heavy (non-hydrogen) atoms. The molecular weight excluding hydrogens is 280 g/mol. The van der Waals surface area contributed by atoms with Crippen LogP contribution in [0.1, 0.15) is 33.1 Å². The second-order valence-electron chi connectivity index (χ2n) is 6.25. The maximum absolute atomic E-state index is 11.5. The Kier molecular flexibility index (Phi) is 4.06. The van der Waals surface area contributed by atoms with E-state index < -0.39 is 9.84 Å². The number of rotatable bonds is 4. The molecule has 0 bridgehead atoms. The van der Waals surface area contributed by atoms with E-state index in [-0.39, 0.29) is 23.1 Å². The SMILES string of the molecule is CN(c1nnc(CNC(C)(C)C)o1)C1CCS(=O)(=O)C1. The molecule has 1 saturated heterocycles. The van der Waals surface area contributed by atoms with Crippen LogP contribution in [0, 0.1) is 0 Å². The lowest BCUT2D eigenvalue weighted by Crippen LogP contribution is -2.35. The molecule has 0 aliphatic carbocycles. The maximum Gasteiger partial charge on any atom is 0.318 e. The van der Waals surface area contributed by atoms with Gasteiger partial charge in [-0.2, -0.15) is 0 Å². The third-order valence-corrected chi connectivity index (χ3v) is 5.03. The molecule has 1 fully saturated rings. The van der Waals surface area contributed by atoms with Crippen LogP contribution in [0.25, 0.3) is 0 Å². The molecule has 1 aliphatic heterocycles. The average molecular weight is 302 g/mol. The highest BCUT2D eigenvalue weighted by molar-refractivity contribution is 7.91. The average Bonchev–Trinajstić information content (AvgIpc) is 2.91. The summed E-state index contributed by atoms with van der Waals surface area (Å²) < 4.78 is 28.6. The van der Waals surface area contributed by atoms with Gasteiger partial charge in [0.1, 0.15) is 0 Å². The standard InChI is InChI=1S/C12H22N4O3S/c1-12(2,3)13-7-10-14-15-11(19-10)16(4)9-5-6-20(17,18)8-9/h9,13H,5-8H2,1-4H3. The van der Waals surface area contributed by atoms with E-state index in [2.05, 4.69) is 36.3 Å². The molecule has 0 amide bonds. The normalized spacial score (nSPS) is 22.1. The molecule has 8 heteroatoms. The number of anilines is 1. The van der Waals surface area contributed by atoms with Crippen molar-refractivity contribution < 1.29 is 12.8 Å². The fourth-order valence-corrected chi connectivity index (χ4v) is 3.81. The molecule has 114 valence electrons. The molecule has 0 aromatic carbocycles. The zero-order valence-electron chi connectivity index (χ0n) is 12.4. The molecule has 0 spiro atoms. The Labute approximate surface area is 119 Å². The van der Waals surface area contributed by atoms with Gasteiger partial charge in [0.15, 0.2) is 9.84 Å². The maximum atomic E-state index is 11.5. The lowest BCUT2D eigenvalue weighted by atomic mass is 10.1. The molecule has 0 saturated carbocycles. The molecule has 1 aromatic rings. The van der Waals surface area contributed by atoms with E-state index in [0.29, 0.717) is 24.9 Å². The van der Waals surface area contributed by atoms with Crippen LogP contribution >= 0.6 is 0 Å². The minimum atomic E-state index is -2.92. The molecule has 1 aromatic heterocycles. The Morgan fingerprint density at radius 2 is 2.10 bits per heavy atom. The second kappa shape index (κ2) is 5.33. The van der Waals surface area contributed by atoms with Gasteiger partial charge in [0.25, 0.3) is 0 Å². The van der Waals surface area contributed by atoms with Crippen molar-refractivity contribution in [3.8, 4) is 0 Å². The third-order valence-electron chi connectivity index (χ3n) is 3.28. The monoisotopic (exact) mass is 302 g/mol. The van der Waals surface area contributed by atoms with E-state index in [1.807, 2.05) is 0 Å². The highest BCUT2D eigenvalue weighted by Gasteiger charge is 2.32. The van der Waals surface area contributed by atoms with Gasteiger partial charge in [0, 0.05) is 18.6 Å². The van der Waals surface area contributed by atoms with Crippen molar-refractivity contribution in [1.82, 2.24) is 15.5 Å². The first-order chi connectivity index (χ1) is 9.16. The highest BCUT2D eigenvalue weighted by atomic mass is 32.2. The first-order valence-corrected chi connectivity index (χ1v) is 8.49. The van der Waals surface area contributed by atoms with Crippen LogP contribution in [-0.2, 0) is 16.4 Å². The van der Waals surface area contributed by atoms with Gasteiger partial charge in [-0.05, 0) is 27.2 Å². The molecule has 7 nitrogen and oxygen atoms in total. The smallest absolute Gasteiger partial charge is 0.318 e. The lowest BCUT2D eigenvalue weighted by Gasteiger charge is -2.20. The Morgan fingerprint density at radius 1 is 1.40 bits per heavy atom. The summed E-state index contributed by atoms with van der Waals surface area (Å²) in [5, 5.41) is 11.2. The summed E-state index contributed by atoms with van der Waals surface area (Å²) in [6.45, 7) is 6.66. The summed E-state index contributed by atoms with van der Waals surface area (Å²) in [5.74, 6) is 0.887. The number of hydrogen-bond donors (Lipinski definition) is 1. The topological polar surface area (TPSA) is 88.3 Å². The number of sulfone groups is 1. The van der Waals surface area contributed by atoms with Crippen molar-refractivity contribution in [2.75, 3.05) is 23.5 Å². The number of hydrogen-bond acceptors (Lipinski definition) is 7. The lowest BCUT2D eigenvalue weighted by molar-refractivity contribution is 0.380. The van der Waals surface area contributed by atoms with Crippen molar-refractivity contribution in [3.63, 3.8) is 0 Å². The summed E-state index contributed by atoms with van der Waals surface area (Å²) in [7, 11) is -1.12. The van der Waals surface area contributed by atoms with E-state index in [1.54, 1.807) is 11.9 Å². The van der Waals surface area contributed by atoms with Gasteiger partial charge in [0.05, 0.1) is 18.1 Å². The molecule has 1 atom stereocenters. The predicted octanol–water partition coefficient (Wildman–Crippen LogP) is 0.581. The molecule has 1 aliphatic rings. The Hall–Kier alpha value is -1.15. The predicted molar refractivity (Wildman–Crippen MR) is 76.4 cm³/mol. The summed E-state index contributed by atoms with van der Waals surface area (Å²) in [6, 6.07) is 0.293. The highest BCUT2D eigenvalue weighted by Crippen LogP contribution is 2.21. The van der Waals surface area contributed by atoms with Crippen LogP contribution in [0.4, 0.5) is 6.01 Å². The van der Waals surface area contributed by atoms with Gasteiger partial charge in [-0.25, -0.2) is 8.42 Å². The minimum Gasteiger partial charge on any atom is -0.407 e. The van der Waals surface area contributed by atoms with Crippen LogP contribution < -0.4 is 10.2 Å². The summed E-state index contributed by atoms with van der Waals surface area (Å²) in [5.41, 5.74) is -0.0277. The van der Waals surface area contributed by atoms with E-state index in [1.165, 1.54) is 0 Å². The Balaban J connectivity index is 1.98. The molecule has 1 N–H and O–H groups in total. The summed E-state index contributed by atoms with van der Waals surface area (Å²) >= 11 is 0. The zero-order chi connectivity index (χ0) is 15.0. The minimum absolute atomic E-state index is 0.0277. The van der Waals surface area contributed by atoms with Crippen molar-refractivity contribution in [1.29, 1.82) is 0 Å². The van der Waals surface area contributed by atoms with Crippen LogP contribution in [-0.4, -0.2) is 48.7 Å². The largest absolute Gasteiger partial charge is 0.407 e. The third kappa shape index (κ3) is 3.92. The molecule has 2 heterocycles. The van der Waals surface area contributed by atoms with Crippen LogP contribution in [0.15, 0.2) is 4.42 Å².